The van der Waals surface area contributed by atoms with E-state index in [0.29, 0.717) is 0 Å². The van der Waals surface area contributed by atoms with E-state index in [1.54, 1.807) is 0 Å². The van der Waals surface area contributed by atoms with Crippen LogP contribution in [0.2, 0.25) is 0 Å². The maximum atomic E-state index is 13.0. The van der Waals surface area contributed by atoms with E-state index in [9.17, 15) is 44.3 Å². The Kier molecular flexibility index (Phi) is 4.90. The summed E-state index contributed by atoms with van der Waals surface area (Å²) in [6.07, 6.45) is -7.96. The van der Waals surface area contributed by atoms with Gasteiger partial charge in [-0.1, -0.05) is 20.8 Å². The molecule has 0 saturated heterocycles. The predicted octanol–water partition coefficient (Wildman–Crippen LogP) is 4.63. The normalized spacial score (nSPS) is 15.6. The Morgan fingerprint density at radius 2 is 1.14 bits per heavy atom. The van der Waals surface area contributed by atoms with E-state index in [2.05, 4.69) is 0 Å². The fourth-order valence-electron chi connectivity index (χ4n) is 0.922. The molecule has 0 aromatic carbocycles. The lowest BCUT2D eigenvalue weighted by Gasteiger charge is -2.32. The molecule has 0 rings (SSSR count). The molecule has 0 radical (unpaired) electrons. The van der Waals surface area contributed by atoms with E-state index in [1.165, 1.54) is 20.8 Å². The molecule has 10 heteroatoms. The lowest BCUT2D eigenvalue weighted by atomic mass is 9.90. The van der Waals surface area contributed by atoms with E-state index < -0.39 is 41.2 Å². The average Bonchev–Trinajstić information content (AvgIpc) is 2.22. The van der Waals surface area contributed by atoms with Gasteiger partial charge >= 0.3 is 23.9 Å². The Hall–Kier alpha value is -1.22. The molecule has 0 aliphatic heterocycles. The predicted molar refractivity (Wildman–Crippen MR) is 54.5 cm³/mol. The van der Waals surface area contributed by atoms with Crippen LogP contribution in [-0.2, 0) is 4.79 Å². The summed E-state index contributed by atoms with van der Waals surface area (Å²) in [5.74, 6) is -20.7. The van der Waals surface area contributed by atoms with Crippen molar-refractivity contribution < 1.29 is 44.3 Å². The minimum absolute atomic E-state index is 0.139. The van der Waals surface area contributed by atoms with Crippen LogP contribution < -0.4 is 0 Å². The Bertz CT molecular complexity index is 426. The monoisotopic (exact) mass is 330 g/mol. The number of halogens is 9. The van der Waals surface area contributed by atoms with Crippen molar-refractivity contribution in [1.29, 1.82) is 0 Å². The third kappa shape index (κ3) is 3.70. The van der Waals surface area contributed by atoms with Gasteiger partial charge in [0.1, 0.15) is 0 Å². The molecule has 124 valence electrons. The first-order chi connectivity index (χ1) is 8.88. The van der Waals surface area contributed by atoms with Gasteiger partial charge in [0.05, 0.1) is 0 Å². The minimum atomic E-state index is -6.96. The van der Waals surface area contributed by atoms with Gasteiger partial charge in [-0.3, -0.25) is 4.79 Å². The quantitative estimate of drug-likeness (QED) is 0.543. The molecule has 21 heavy (non-hydrogen) atoms. The number of carbonyl (C=O) groups is 1. The van der Waals surface area contributed by atoms with E-state index in [1.807, 2.05) is 0 Å². The molecular formula is C11H11F9O. The number of hydrogen-bond acceptors (Lipinski definition) is 1. The summed E-state index contributed by atoms with van der Waals surface area (Å²) in [7, 11) is 0. The highest BCUT2D eigenvalue weighted by atomic mass is 19.4. The van der Waals surface area contributed by atoms with Crippen LogP contribution in [0, 0.1) is 5.41 Å². The van der Waals surface area contributed by atoms with Gasteiger partial charge in [0.25, 0.3) is 0 Å². The largest absolute Gasteiger partial charge is 0.460 e. The number of alkyl halides is 9. The maximum absolute atomic E-state index is 13.0. The number of carbonyl (C=O) groups excluding carboxylic acids is 1. The summed E-state index contributed by atoms with van der Waals surface area (Å²) in [4.78, 5) is 11.2. The van der Waals surface area contributed by atoms with Crippen molar-refractivity contribution in [2.24, 2.45) is 5.41 Å². The summed E-state index contributed by atoms with van der Waals surface area (Å²) < 4.78 is 112. The van der Waals surface area contributed by atoms with Gasteiger partial charge in [-0.05, 0) is 12.2 Å². The highest BCUT2D eigenvalue weighted by Crippen LogP contribution is 2.53. The van der Waals surface area contributed by atoms with Gasteiger partial charge in [0, 0.05) is 5.41 Å². The third-order valence-electron chi connectivity index (χ3n) is 2.35. The highest BCUT2D eigenvalue weighted by molar-refractivity contribution is 5.94. The molecule has 0 atom stereocenters. The SMILES string of the molecule is CC(C)(C)C(=O)C=CC(F)(F)C(F)(F)C(F)(F)C(F)(F)F. The zero-order valence-corrected chi connectivity index (χ0v) is 11.0. The van der Waals surface area contributed by atoms with Crippen molar-refractivity contribution in [2.45, 2.75) is 44.7 Å². The van der Waals surface area contributed by atoms with Gasteiger partial charge in [-0.25, -0.2) is 0 Å². The van der Waals surface area contributed by atoms with Crippen LogP contribution >= 0.6 is 0 Å². The molecular weight excluding hydrogens is 319 g/mol. The Morgan fingerprint density at radius 1 is 0.762 bits per heavy atom. The van der Waals surface area contributed by atoms with Crippen LogP contribution in [-0.4, -0.2) is 29.7 Å². The zero-order chi connectivity index (χ0) is 17.5. The van der Waals surface area contributed by atoms with Gasteiger partial charge in [-0.15, -0.1) is 0 Å². The number of allylic oxidation sites excluding steroid dienone is 2. The number of hydrogen-bond donors (Lipinski definition) is 0. The molecule has 0 aromatic rings. The van der Waals surface area contributed by atoms with Gasteiger partial charge in [-0.2, -0.15) is 39.5 Å². The van der Waals surface area contributed by atoms with E-state index in [-0.39, 0.29) is 6.08 Å². The van der Waals surface area contributed by atoms with Crippen LogP contribution in [0.25, 0.3) is 0 Å². The van der Waals surface area contributed by atoms with Crippen LogP contribution in [0.15, 0.2) is 12.2 Å². The van der Waals surface area contributed by atoms with E-state index in [0.717, 1.165) is 0 Å². The van der Waals surface area contributed by atoms with Crippen molar-refractivity contribution >= 4 is 5.78 Å². The zero-order valence-electron chi connectivity index (χ0n) is 11.0. The van der Waals surface area contributed by atoms with E-state index in [4.69, 9.17) is 0 Å². The number of rotatable bonds is 4. The molecule has 0 spiro atoms. The third-order valence-corrected chi connectivity index (χ3v) is 2.35. The molecule has 0 heterocycles. The second-order valence-electron chi connectivity index (χ2n) is 5.22. The summed E-state index contributed by atoms with van der Waals surface area (Å²) in [6, 6.07) is 0. The first-order valence-corrected chi connectivity index (χ1v) is 5.32. The molecule has 0 aliphatic carbocycles. The van der Waals surface area contributed by atoms with Crippen molar-refractivity contribution in [2.75, 3.05) is 0 Å². The molecule has 0 aliphatic rings. The highest BCUT2D eigenvalue weighted by Gasteiger charge is 2.81. The molecule has 0 amide bonds. The van der Waals surface area contributed by atoms with Crippen LogP contribution in [0.5, 0.6) is 0 Å². The van der Waals surface area contributed by atoms with Crippen LogP contribution in [0.3, 0.4) is 0 Å². The van der Waals surface area contributed by atoms with Gasteiger partial charge in [0.15, 0.2) is 5.78 Å². The van der Waals surface area contributed by atoms with Gasteiger partial charge < -0.3 is 0 Å². The molecule has 0 unspecified atom stereocenters. The van der Waals surface area contributed by atoms with Crippen molar-refractivity contribution in [3.63, 3.8) is 0 Å². The Morgan fingerprint density at radius 3 is 1.43 bits per heavy atom. The molecule has 0 fully saturated rings. The van der Waals surface area contributed by atoms with Gasteiger partial charge in [0.2, 0.25) is 0 Å². The number of ketones is 1. The van der Waals surface area contributed by atoms with Crippen molar-refractivity contribution in [3.05, 3.63) is 12.2 Å². The first kappa shape index (κ1) is 19.8. The van der Waals surface area contributed by atoms with E-state index >= 15 is 0 Å². The van der Waals surface area contributed by atoms with Crippen molar-refractivity contribution in [1.82, 2.24) is 0 Å². The smallest absolute Gasteiger partial charge is 0.294 e. The van der Waals surface area contributed by atoms with Crippen LogP contribution in [0.1, 0.15) is 20.8 Å². The topological polar surface area (TPSA) is 17.1 Å². The Labute approximate surface area is 113 Å². The maximum Gasteiger partial charge on any atom is 0.460 e. The summed E-state index contributed by atoms with van der Waals surface area (Å²) >= 11 is 0. The average molecular weight is 330 g/mol. The second-order valence-corrected chi connectivity index (χ2v) is 5.22. The fraction of sp³-hybridized carbons (Fsp3) is 0.727. The standard InChI is InChI=1S/C11H11F9O/c1-7(2,3)6(21)4-5-8(12,13)9(14,15)10(16,17)11(18,19)20/h4-5H,1-3H3. The molecule has 0 bridgehead atoms. The first-order valence-electron chi connectivity index (χ1n) is 5.32. The Balaban J connectivity index is 5.61. The molecule has 0 aromatic heterocycles. The summed E-state index contributed by atoms with van der Waals surface area (Å²) in [5.41, 5.74) is -1.30. The lowest BCUT2D eigenvalue weighted by molar-refractivity contribution is -0.388. The fourth-order valence-corrected chi connectivity index (χ4v) is 0.922. The minimum Gasteiger partial charge on any atom is -0.294 e. The molecule has 1 nitrogen and oxygen atoms in total. The summed E-state index contributed by atoms with van der Waals surface area (Å²) in [6.45, 7) is 3.63. The summed E-state index contributed by atoms with van der Waals surface area (Å²) in [5, 5.41) is 0. The molecule has 0 N–H and O–H groups in total. The lowest BCUT2D eigenvalue weighted by Crippen LogP contribution is -2.60. The molecule has 0 saturated carbocycles. The van der Waals surface area contributed by atoms with Crippen LogP contribution in [0.4, 0.5) is 39.5 Å². The van der Waals surface area contributed by atoms with Crippen molar-refractivity contribution in [3.8, 4) is 0 Å². The second kappa shape index (κ2) is 5.20.